The Morgan fingerprint density at radius 1 is 1.50 bits per heavy atom. The molecule has 0 bridgehead atoms. The molecule has 1 rings (SSSR count). The Hall–Kier alpha value is -0.940. The Morgan fingerprint density at radius 3 is 2.72 bits per heavy atom. The van der Waals surface area contributed by atoms with Gasteiger partial charge >= 0.3 is 16.3 Å². The number of halogens is 2. The summed E-state index contributed by atoms with van der Waals surface area (Å²) in [5.41, 5.74) is 0. The molecule has 1 heterocycles. The minimum absolute atomic E-state index is 0.0587. The molecule has 18 heavy (non-hydrogen) atoms. The normalized spacial score (nSPS) is 10.8. The van der Waals surface area contributed by atoms with Crippen LogP contribution in [0.5, 0.6) is 0 Å². The smallest absolute Gasteiger partial charge is 0.422 e. The van der Waals surface area contributed by atoms with Crippen molar-refractivity contribution in [3.05, 3.63) is 15.4 Å². The predicted molar refractivity (Wildman–Crippen MR) is 70.1 cm³/mol. The van der Waals surface area contributed by atoms with Crippen molar-refractivity contribution in [3.8, 4) is 0 Å². The number of anilines is 1. The first-order chi connectivity index (χ1) is 8.34. The fourth-order valence-corrected chi connectivity index (χ4v) is 2.61. The molecule has 1 aromatic heterocycles. The van der Waals surface area contributed by atoms with E-state index in [0.717, 1.165) is 0 Å². The van der Waals surface area contributed by atoms with Crippen LogP contribution in [-0.2, 0) is 14.9 Å². The molecule has 1 amide bonds. The molecule has 0 aliphatic carbocycles. The van der Waals surface area contributed by atoms with Crippen molar-refractivity contribution in [2.75, 3.05) is 11.3 Å². The summed E-state index contributed by atoms with van der Waals surface area (Å²) in [5, 5.41) is 0. The molecule has 8 nitrogen and oxygen atoms in total. The van der Waals surface area contributed by atoms with Gasteiger partial charge in [-0.25, -0.2) is 24.2 Å². The van der Waals surface area contributed by atoms with Crippen LogP contribution in [0, 0.1) is 0 Å². The SMILES string of the molecule is CCOC(=O)NS(=O)(=O)Nc1ncc(Br)nc1Br. The van der Waals surface area contributed by atoms with E-state index in [1.54, 1.807) is 11.6 Å². The largest absolute Gasteiger partial charge is 0.449 e. The number of nitrogens with zero attached hydrogens (tertiary/aromatic N) is 2. The topological polar surface area (TPSA) is 110 Å². The highest BCUT2D eigenvalue weighted by atomic mass is 79.9. The van der Waals surface area contributed by atoms with Gasteiger partial charge in [-0.15, -0.1) is 0 Å². The molecule has 0 unspecified atom stereocenters. The van der Waals surface area contributed by atoms with E-state index < -0.39 is 16.3 Å². The van der Waals surface area contributed by atoms with Gasteiger partial charge in [0.2, 0.25) is 0 Å². The maximum atomic E-state index is 11.5. The molecule has 0 atom stereocenters. The van der Waals surface area contributed by atoms with E-state index in [1.165, 1.54) is 6.20 Å². The van der Waals surface area contributed by atoms with Crippen LogP contribution in [-0.4, -0.2) is 31.1 Å². The van der Waals surface area contributed by atoms with Crippen LogP contribution >= 0.6 is 31.9 Å². The van der Waals surface area contributed by atoms with Crippen LogP contribution in [0.2, 0.25) is 0 Å². The number of amides is 1. The molecule has 0 spiro atoms. The van der Waals surface area contributed by atoms with Crippen LogP contribution in [0.25, 0.3) is 0 Å². The van der Waals surface area contributed by atoms with E-state index in [-0.39, 0.29) is 17.0 Å². The van der Waals surface area contributed by atoms with E-state index >= 15 is 0 Å². The van der Waals surface area contributed by atoms with Gasteiger partial charge in [0.1, 0.15) is 4.60 Å². The average molecular weight is 404 g/mol. The number of hydrogen-bond acceptors (Lipinski definition) is 6. The van der Waals surface area contributed by atoms with Gasteiger partial charge in [-0.05, 0) is 38.8 Å². The van der Waals surface area contributed by atoms with Crippen molar-refractivity contribution >= 4 is 54.0 Å². The van der Waals surface area contributed by atoms with Crippen LogP contribution in [0.4, 0.5) is 10.6 Å². The second-order valence-corrected chi connectivity index (χ2v) is 5.74. The summed E-state index contributed by atoms with van der Waals surface area (Å²) in [6.45, 7) is 1.61. The molecule has 0 fully saturated rings. The summed E-state index contributed by atoms with van der Waals surface area (Å²) >= 11 is 6.09. The molecule has 100 valence electrons. The highest BCUT2D eigenvalue weighted by Crippen LogP contribution is 2.19. The minimum Gasteiger partial charge on any atom is -0.449 e. The summed E-state index contributed by atoms with van der Waals surface area (Å²) < 4.78 is 31.7. The summed E-state index contributed by atoms with van der Waals surface area (Å²) in [6, 6.07) is 0. The monoisotopic (exact) mass is 402 g/mol. The van der Waals surface area contributed by atoms with Crippen LogP contribution < -0.4 is 9.44 Å². The Bertz CT molecular complexity index is 550. The van der Waals surface area contributed by atoms with E-state index in [4.69, 9.17) is 0 Å². The zero-order valence-electron chi connectivity index (χ0n) is 8.98. The lowest BCUT2D eigenvalue weighted by Gasteiger charge is -2.09. The number of carbonyl (C=O) groups excluding carboxylic acids is 1. The van der Waals surface area contributed by atoms with Gasteiger partial charge in [0, 0.05) is 0 Å². The maximum Gasteiger partial charge on any atom is 0.422 e. The van der Waals surface area contributed by atoms with Crippen LogP contribution in [0.1, 0.15) is 6.92 Å². The summed E-state index contributed by atoms with van der Waals surface area (Å²) in [4.78, 5) is 18.6. The molecular formula is C7H8Br2N4O4S. The van der Waals surface area contributed by atoms with E-state index in [9.17, 15) is 13.2 Å². The van der Waals surface area contributed by atoms with Crippen molar-refractivity contribution in [3.63, 3.8) is 0 Å². The molecule has 1 aromatic rings. The van der Waals surface area contributed by atoms with Crippen molar-refractivity contribution in [2.45, 2.75) is 6.92 Å². The molecular weight excluding hydrogens is 396 g/mol. The van der Waals surface area contributed by atoms with Gasteiger partial charge in [-0.1, -0.05) is 0 Å². The van der Waals surface area contributed by atoms with Gasteiger partial charge in [-0.2, -0.15) is 8.42 Å². The van der Waals surface area contributed by atoms with Gasteiger partial charge in [0.15, 0.2) is 10.4 Å². The number of rotatable bonds is 4. The van der Waals surface area contributed by atoms with Gasteiger partial charge < -0.3 is 4.74 Å². The van der Waals surface area contributed by atoms with Crippen molar-refractivity contribution < 1.29 is 17.9 Å². The van der Waals surface area contributed by atoms with Gasteiger partial charge in [0.05, 0.1) is 12.8 Å². The number of hydrogen-bond donors (Lipinski definition) is 2. The van der Waals surface area contributed by atoms with E-state index in [2.05, 4.69) is 46.6 Å². The maximum absolute atomic E-state index is 11.5. The molecule has 0 radical (unpaired) electrons. The number of ether oxygens (including phenoxy) is 1. The van der Waals surface area contributed by atoms with E-state index in [1.807, 2.05) is 4.72 Å². The Labute approximate surface area is 120 Å². The molecule has 11 heteroatoms. The lowest BCUT2D eigenvalue weighted by atomic mass is 10.7. The van der Waals surface area contributed by atoms with E-state index in [0.29, 0.717) is 4.60 Å². The second-order valence-electron chi connectivity index (χ2n) is 2.76. The first-order valence-corrected chi connectivity index (χ1v) is 7.56. The summed E-state index contributed by atoms with van der Waals surface area (Å²) in [5.74, 6) is -0.0602. The van der Waals surface area contributed by atoms with Crippen molar-refractivity contribution in [1.29, 1.82) is 0 Å². The Kier molecular flexibility index (Phi) is 5.28. The summed E-state index contributed by atoms with van der Waals surface area (Å²) in [7, 11) is -4.11. The first kappa shape index (κ1) is 15.1. The zero-order chi connectivity index (χ0) is 13.8. The quantitative estimate of drug-likeness (QED) is 0.786. The first-order valence-electron chi connectivity index (χ1n) is 4.49. The van der Waals surface area contributed by atoms with Gasteiger partial charge in [-0.3, -0.25) is 0 Å². The number of carbonyl (C=O) groups is 1. The zero-order valence-corrected chi connectivity index (χ0v) is 13.0. The van der Waals surface area contributed by atoms with Gasteiger partial charge in [0.25, 0.3) is 0 Å². The average Bonchev–Trinajstić information content (AvgIpc) is 2.21. The molecule has 0 saturated carbocycles. The standard InChI is InChI=1S/C7H8Br2N4O4S/c1-2-17-7(14)13-18(15,16)12-6-5(9)11-4(8)3-10-6/h3H,2H2,1H3,(H,10,12)(H,13,14). The fraction of sp³-hybridized carbons (Fsp3) is 0.286. The lowest BCUT2D eigenvalue weighted by molar-refractivity contribution is 0.159. The molecule has 0 aliphatic heterocycles. The molecule has 2 N–H and O–H groups in total. The molecule has 0 saturated heterocycles. The second kappa shape index (κ2) is 6.29. The number of aromatic nitrogens is 2. The third-order valence-electron chi connectivity index (χ3n) is 1.42. The third kappa shape index (κ3) is 4.74. The summed E-state index contributed by atoms with van der Waals surface area (Å²) in [6.07, 6.45) is 0.221. The molecule has 0 aliphatic rings. The Morgan fingerprint density at radius 2 is 2.17 bits per heavy atom. The lowest BCUT2D eigenvalue weighted by Crippen LogP contribution is -2.36. The van der Waals surface area contributed by atoms with Crippen LogP contribution in [0.3, 0.4) is 0 Å². The Balaban J connectivity index is 2.79. The fourth-order valence-electron chi connectivity index (χ4n) is 0.838. The van der Waals surface area contributed by atoms with Crippen molar-refractivity contribution in [1.82, 2.24) is 14.7 Å². The molecule has 0 aromatic carbocycles. The predicted octanol–water partition coefficient (Wildman–Crippen LogP) is 1.40. The third-order valence-corrected chi connectivity index (χ3v) is 3.26. The highest BCUT2D eigenvalue weighted by molar-refractivity contribution is 9.11. The minimum atomic E-state index is -4.11. The van der Waals surface area contributed by atoms with Crippen LogP contribution in [0.15, 0.2) is 15.4 Å². The number of nitrogens with one attached hydrogen (secondary N) is 2. The van der Waals surface area contributed by atoms with Crippen molar-refractivity contribution in [2.24, 2.45) is 0 Å². The highest BCUT2D eigenvalue weighted by Gasteiger charge is 2.17.